The van der Waals surface area contributed by atoms with Crippen molar-refractivity contribution in [3.8, 4) is 5.75 Å². The lowest BCUT2D eigenvalue weighted by Crippen LogP contribution is -2.41. The Balaban J connectivity index is 2.07. The molecular formula is C16H25FN2O. The lowest BCUT2D eigenvalue weighted by molar-refractivity contribution is 0.138. The highest BCUT2D eigenvalue weighted by Crippen LogP contribution is 2.34. The van der Waals surface area contributed by atoms with Gasteiger partial charge in [-0.2, -0.15) is 0 Å². The summed E-state index contributed by atoms with van der Waals surface area (Å²) < 4.78 is 19.1. The van der Waals surface area contributed by atoms with Gasteiger partial charge in [0.1, 0.15) is 11.6 Å². The number of halogens is 1. The third kappa shape index (κ3) is 3.49. The standard InChI is InChI=1S/C16H25FN2O/c1-3-7-19(8-4-2)10-12-11-20-15-6-5-13(17)9-14(15)16(12)18/h5-6,9,12,16H,3-4,7-8,10-11,18H2,1-2H3. The zero-order valence-electron chi connectivity index (χ0n) is 12.4. The molecule has 1 heterocycles. The summed E-state index contributed by atoms with van der Waals surface area (Å²) in [6, 6.07) is 4.46. The van der Waals surface area contributed by atoms with Gasteiger partial charge in [-0.05, 0) is 44.1 Å². The lowest BCUT2D eigenvalue weighted by atomic mass is 9.90. The fourth-order valence-corrected chi connectivity index (χ4v) is 2.89. The van der Waals surface area contributed by atoms with Crippen LogP contribution in [0, 0.1) is 11.7 Å². The molecule has 4 heteroatoms. The van der Waals surface area contributed by atoms with Crippen LogP contribution in [-0.2, 0) is 0 Å². The highest BCUT2D eigenvalue weighted by molar-refractivity contribution is 5.38. The second-order valence-corrected chi connectivity index (χ2v) is 5.58. The molecule has 112 valence electrons. The van der Waals surface area contributed by atoms with Crippen LogP contribution < -0.4 is 10.5 Å². The van der Waals surface area contributed by atoms with Gasteiger partial charge in [-0.25, -0.2) is 4.39 Å². The first-order chi connectivity index (χ1) is 9.65. The molecule has 0 saturated heterocycles. The molecule has 0 saturated carbocycles. The maximum atomic E-state index is 13.4. The number of nitrogens with zero attached hydrogens (tertiary/aromatic N) is 1. The van der Waals surface area contributed by atoms with Crippen molar-refractivity contribution >= 4 is 0 Å². The molecular weight excluding hydrogens is 255 g/mol. The number of nitrogens with two attached hydrogens (primary N) is 1. The Kier molecular flexibility index (Phi) is 5.38. The van der Waals surface area contributed by atoms with Crippen molar-refractivity contribution in [2.24, 2.45) is 11.7 Å². The van der Waals surface area contributed by atoms with Crippen LogP contribution in [0.15, 0.2) is 18.2 Å². The van der Waals surface area contributed by atoms with Gasteiger partial charge >= 0.3 is 0 Å². The second-order valence-electron chi connectivity index (χ2n) is 5.58. The smallest absolute Gasteiger partial charge is 0.124 e. The summed E-state index contributed by atoms with van der Waals surface area (Å²) in [5.41, 5.74) is 7.13. The molecule has 2 unspecified atom stereocenters. The van der Waals surface area contributed by atoms with E-state index >= 15 is 0 Å². The van der Waals surface area contributed by atoms with Crippen LogP contribution in [0.4, 0.5) is 4.39 Å². The van der Waals surface area contributed by atoms with E-state index in [0.29, 0.717) is 6.61 Å². The second kappa shape index (κ2) is 7.04. The fourth-order valence-electron chi connectivity index (χ4n) is 2.89. The van der Waals surface area contributed by atoms with Gasteiger partial charge in [0.15, 0.2) is 0 Å². The predicted molar refractivity (Wildman–Crippen MR) is 79.3 cm³/mol. The Morgan fingerprint density at radius 3 is 2.65 bits per heavy atom. The third-order valence-corrected chi connectivity index (χ3v) is 3.86. The van der Waals surface area contributed by atoms with E-state index in [-0.39, 0.29) is 17.8 Å². The molecule has 0 radical (unpaired) electrons. The van der Waals surface area contributed by atoms with Crippen molar-refractivity contribution in [3.63, 3.8) is 0 Å². The normalized spacial score (nSPS) is 21.6. The number of benzene rings is 1. The summed E-state index contributed by atoms with van der Waals surface area (Å²) in [7, 11) is 0. The van der Waals surface area contributed by atoms with Crippen LogP contribution in [0.3, 0.4) is 0 Å². The van der Waals surface area contributed by atoms with Crippen LogP contribution in [0.25, 0.3) is 0 Å². The largest absolute Gasteiger partial charge is 0.493 e. The molecule has 2 rings (SSSR count). The summed E-state index contributed by atoms with van der Waals surface area (Å²) in [5, 5.41) is 0. The maximum Gasteiger partial charge on any atom is 0.124 e. The van der Waals surface area contributed by atoms with Crippen molar-refractivity contribution in [1.82, 2.24) is 4.90 Å². The van der Waals surface area contributed by atoms with Crippen molar-refractivity contribution in [2.75, 3.05) is 26.2 Å². The maximum absolute atomic E-state index is 13.4. The van der Waals surface area contributed by atoms with Gasteiger partial charge in [-0.15, -0.1) is 0 Å². The minimum Gasteiger partial charge on any atom is -0.493 e. The van der Waals surface area contributed by atoms with Crippen LogP contribution in [-0.4, -0.2) is 31.1 Å². The number of fused-ring (bicyclic) bond motifs is 1. The molecule has 0 bridgehead atoms. The molecule has 0 fully saturated rings. The topological polar surface area (TPSA) is 38.5 Å². The summed E-state index contributed by atoms with van der Waals surface area (Å²) >= 11 is 0. The van der Waals surface area contributed by atoms with E-state index in [2.05, 4.69) is 18.7 Å². The summed E-state index contributed by atoms with van der Waals surface area (Å²) in [6.45, 7) is 8.05. The first-order valence-electron chi connectivity index (χ1n) is 7.55. The Labute approximate surface area is 120 Å². The highest BCUT2D eigenvalue weighted by atomic mass is 19.1. The Hall–Kier alpha value is -1.13. The van der Waals surface area contributed by atoms with E-state index in [4.69, 9.17) is 10.5 Å². The highest BCUT2D eigenvalue weighted by Gasteiger charge is 2.29. The summed E-state index contributed by atoms with van der Waals surface area (Å²) in [6.07, 6.45) is 2.27. The van der Waals surface area contributed by atoms with Crippen LogP contribution in [0.1, 0.15) is 38.3 Å². The van der Waals surface area contributed by atoms with E-state index in [1.54, 1.807) is 6.07 Å². The molecule has 20 heavy (non-hydrogen) atoms. The van der Waals surface area contributed by atoms with Crippen LogP contribution >= 0.6 is 0 Å². The van der Waals surface area contributed by atoms with E-state index in [1.165, 1.54) is 12.1 Å². The third-order valence-electron chi connectivity index (χ3n) is 3.86. The molecule has 2 N–H and O–H groups in total. The van der Waals surface area contributed by atoms with Gasteiger partial charge in [0.05, 0.1) is 6.61 Å². The average Bonchev–Trinajstić information content (AvgIpc) is 2.43. The van der Waals surface area contributed by atoms with Gasteiger partial charge in [-0.1, -0.05) is 13.8 Å². The number of rotatable bonds is 6. The van der Waals surface area contributed by atoms with Crippen LogP contribution in [0.5, 0.6) is 5.75 Å². The van der Waals surface area contributed by atoms with E-state index in [1.807, 2.05) is 0 Å². The molecule has 0 amide bonds. The molecule has 0 aromatic heterocycles. The Morgan fingerprint density at radius 1 is 1.30 bits per heavy atom. The van der Waals surface area contributed by atoms with Crippen molar-refractivity contribution < 1.29 is 9.13 Å². The van der Waals surface area contributed by atoms with E-state index in [9.17, 15) is 4.39 Å². The summed E-state index contributed by atoms with van der Waals surface area (Å²) in [4.78, 5) is 2.43. The molecule has 3 nitrogen and oxygen atoms in total. The van der Waals surface area contributed by atoms with Gasteiger partial charge in [0, 0.05) is 24.1 Å². The number of hydrogen-bond donors (Lipinski definition) is 1. The molecule has 0 aliphatic carbocycles. The van der Waals surface area contributed by atoms with E-state index < -0.39 is 0 Å². The molecule has 1 aromatic carbocycles. The van der Waals surface area contributed by atoms with Gasteiger partial charge in [-0.3, -0.25) is 0 Å². The van der Waals surface area contributed by atoms with Crippen molar-refractivity contribution in [1.29, 1.82) is 0 Å². The first-order valence-corrected chi connectivity index (χ1v) is 7.55. The minimum absolute atomic E-state index is 0.148. The molecule has 2 atom stereocenters. The molecule has 1 aliphatic rings. The minimum atomic E-state index is -0.248. The Bertz CT molecular complexity index is 432. The van der Waals surface area contributed by atoms with Crippen LogP contribution in [0.2, 0.25) is 0 Å². The fraction of sp³-hybridized carbons (Fsp3) is 0.625. The van der Waals surface area contributed by atoms with Gasteiger partial charge in [0.2, 0.25) is 0 Å². The lowest BCUT2D eigenvalue weighted by Gasteiger charge is -2.34. The predicted octanol–water partition coefficient (Wildman–Crippen LogP) is 2.96. The number of hydrogen-bond acceptors (Lipinski definition) is 3. The van der Waals surface area contributed by atoms with E-state index in [0.717, 1.165) is 43.8 Å². The quantitative estimate of drug-likeness (QED) is 0.870. The molecule has 1 aliphatic heterocycles. The number of ether oxygens (including phenoxy) is 1. The zero-order valence-corrected chi connectivity index (χ0v) is 12.4. The van der Waals surface area contributed by atoms with Crippen molar-refractivity contribution in [2.45, 2.75) is 32.7 Å². The van der Waals surface area contributed by atoms with Gasteiger partial charge in [0.25, 0.3) is 0 Å². The van der Waals surface area contributed by atoms with Gasteiger partial charge < -0.3 is 15.4 Å². The average molecular weight is 280 g/mol. The van der Waals surface area contributed by atoms with Crippen molar-refractivity contribution in [3.05, 3.63) is 29.6 Å². The monoisotopic (exact) mass is 280 g/mol. The zero-order chi connectivity index (χ0) is 14.5. The molecule has 1 aromatic rings. The summed E-state index contributed by atoms with van der Waals surface area (Å²) in [5.74, 6) is 0.706. The SMILES string of the molecule is CCCN(CCC)CC1COc2ccc(F)cc2C1N. The molecule has 0 spiro atoms. The first kappa shape index (κ1) is 15.3. The Morgan fingerprint density at radius 2 is 2.00 bits per heavy atom.